The van der Waals surface area contributed by atoms with Crippen LogP contribution in [-0.4, -0.2) is 18.7 Å². The number of carbonyl (C=O) groups is 1. The van der Waals surface area contributed by atoms with Crippen LogP contribution in [0.3, 0.4) is 0 Å². The molecule has 0 aromatic heterocycles. The van der Waals surface area contributed by atoms with Gasteiger partial charge in [-0.3, -0.25) is 0 Å². The molecule has 0 radical (unpaired) electrons. The van der Waals surface area contributed by atoms with E-state index in [0.29, 0.717) is 18.8 Å². The van der Waals surface area contributed by atoms with Crippen molar-refractivity contribution in [2.45, 2.75) is 26.4 Å². The molecule has 1 atom stereocenters. The maximum Gasteiger partial charge on any atom is 0.340 e. The van der Waals surface area contributed by atoms with Gasteiger partial charge in [0.15, 0.2) is 6.10 Å². The van der Waals surface area contributed by atoms with Gasteiger partial charge in [-0.2, -0.15) is 0 Å². The lowest BCUT2D eigenvalue weighted by molar-refractivity contribution is -0.146. The molecule has 1 aromatic rings. The van der Waals surface area contributed by atoms with Gasteiger partial charge in [-0.15, -0.1) is 6.58 Å². The molecule has 0 fully saturated rings. The van der Waals surface area contributed by atoms with Crippen molar-refractivity contribution < 1.29 is 14.3 Å². The molecule has 0 saturated carbocycles. The quantitative estimate of drug-likeness (QED) is 0.348. The van der Waals surface area contributed by atoms with Crippen LogP contribution in [0.5, 0.6) is 5.75 Å². The summed E-state index contributed by atoms with van der Waals surface area (Å²) in [5.74, 6) is 0.105. The molecule has 0 aliphatic carbocycles. The fourth-order valence-electron chi connectivity index (χ4n) is 1.28. The predicted molar refractivity (Wildman–Crippen MR) is 74.7 cm³/mol. The highest BCUT2D eigenvalue weighted by Gasteiger charge is 2.16. The fraction of sp³-hybridized carbons (Fsp3) is 0.357. The van der Waals surface area contributed by atoms with Gasteiger partial charge in [0.2, 0.25) is 0 Å². The number of rotatable bonds is 6. The minimum atomic E-state index is -0.585. The van der Waals surface area contributed by atoms with Gasteiger partial charge >= 0.3 is 5.97 Å². The maximum absolute atomic E-state index is 11.7. The van der Waals surface area contributed by atoms with Crippen LogP contribution in [0.1, 0.15) is 18.9 Å². The summed E-state index contributed by atoms with van der Waals surface area (Å²) < 4.78 is 11.3. The summed E-state index contributed by atoms with van der Waals surface area (Å²) in [7, 11) is 0. The Labute approximate surface area is 116 Å². The Morgan fingerprint density at radius 1 is 1.56 bits per heavy atom. The van der Waals surface area contributed by atoms with Crippen molar-refractivity contribution in [2.75, 3.05) is 6.61 Å². The summed E-state index contributed by atoms with van der Waals surface area (Å²) in [5.41, 5.74) is 1.09. The van der Waals surface area contributed by atoms with E-state index in [1.54, 1.807) is 19.1 Å². The van der Waals surface area contributed by atoms with Gasteiger partial charge in [0.05, 0.1) is 11.1 Å². The van der Waals surface area contributed by atoms with Crippen molar-refractivity contribution >= 4 is 21.9 Å². The first-order valence-corrected chi connectivity index (χ1v) is 6.54. The third kappa shape index (κ3) is 4.63. The number of hydrogen-bond acceptors (Lipinski definition) is 3. The molecule has 0 amide bonds. The summed E-state index contributed by atoms with van der Waals surface area (Å²) in [6.45, 7) is 7.70. The molecular weight excluding hydrogens is 296 g/mol. The maximum atomic E-state index is 11.7. The molecular formula is C14H17BrO3. The summed E-state index contributed by atoms with van der Waals surface area (Å²) in [6.07, 6.45) is 1.87. The second kappa shape index (κ2) is 7.34. The van der Waals surface area contributed by atoms with Crippen LogP contribution < -0.4 is 4.74 Å². The molecule has 1 aromatic carbocycles. The highest BCUT2D eigenvalue weighted by Crippen LogP contribution is 2.26. The molecule has 98 valence electrons. The van der Waals surface area contributed by atoms with Gasteiger partial charge in [-0.1, -0.05) is 12.1 Å². The minimum absolute atomic E-state index is 0.399. The Morgan fingerprint density at radius 3 is 2.89 bits per heavy atom. The summed E-state index contributed by atoms with van der Waals surface area (Å²) in [4.78, 5) is 11.7. The van der Waals surface area contributed by atoms with Crippen molar-refractivity contribution in [1.29, 1.82) is 0 Å². The van der Waals surface area contributed by atoms with Crippen LogP contribution in [0, 0.1) is 6.92 Å². The molecule has 0 aliphatic heterocycles. The number of benzene rings is 1. The normalized spacial score (nSPS) is 11.9. The van der Waals surface area contributed by atoms with Gasteiger partial charge in [-0.25, -0.2) is 4.79 Å². The third-order valence-corrected chi connectivity index (χ3v) is 2.94. The van der Waals surface area contributed by atoms with E-state index >= 15 is 0 Å². The number of ether oxygens (including phenoxy) is 2. The average Bonchev–Trinajstić information content (AvgIpc) is 2.32. The van der Waals surface area contributed by atoms with Crippen LogP contribution in [0.2, 0.25) is 0 Å². The van der Waals surface area contributed by atoms with E-state index in [2.05, 4.69) is 22.5 Å². The number of aryl methyl sites for hydroxylation is 1. The van der Waals surface area contributed by atoms with Gasteiger partial charge in [-0.05, 0) is 53.9 Å². The Balaban J connectivity index is 2.55. The average molecular weight is 313 g/mol. The van der Waals surface area contributed by atoms with E-state index in [4.69, 9.17) is 9.47 Å². The van der Waals surface area contributed by atoms with E-state index in [1.807, 2.05) is 19.1 Å². The Bertz CT molecular complexity index is 429. The standard InChI is InChI=1S/C14H17BrO3/c1-4-5-8-17-11(3)14(16)18-13-7-6-10(2)9-12(13)15/h4,6-7,9,11H,1,5,8H2,2-3H3. The van der Waals surface area contributed by atoms with Crippen molar-refractivity contribution in [1.82, 2.24) is 0 Å². The Kier molecular flexibility index (Phi) is 6.09. The molecule has 0 spiro atoms. The molecule has 18 heavy (non-hydrogen) atoms. The van der Waals surface area contributed by atoms with E-state index in [-0.39, 0.29) is 0 Å². The minimum Gasteiger partial charge on any atom is -0.423 e. The lowest BCUT2D eigenvalue weighted by Gasteiger charge is -2.12. The van der Waals surface area contributed by atoms with Crippen LogP contribution >= 0.6 is 15.9 Å². The smallest absolute Gasteiger partial charge is 0.340 e. The van der Waals surface area contributed by atoms with Gasteiger partial charge in [0.25, 0.3) is 0 Å². The van der Waals surface area contributed by atoms with Gasteiger partial charge in [0.1, 0.15) is 5.75 Å². The van der Waals surface area contributed by atoms with Gasteiger partial charge in [0, 0.05) is 0 Å². The molecule has 0 aliphatic rings. The molecule has 0 bridgehead atoms. The van der Waals surface area contributed by atoms with Crippen LogP contribution in [0.15, 0.2) is 35.3 Å². The molecule has 0 N–H and O–H groups in total. The Morgan fingerprint density at radius 2 is 2.28 bits per heavy atom. The topological polar surface area (TPSA) is 35.5 Å². The Hall–Kier alpha value is -1.13. The second-order valence-corrected chi connectivity index (χ2v) is 4.80. The van der Waals surface area contributed by atoms with E-state index < -0.39 is 12.1 Å². The zero-order chi connectivity index (χ0) is 13.5. The van der Waals surface area contributed by atoms with Crippen molar-refractivity contribution in [3.63, 3.8) is 0 Å². The fourth-order valence-corrected chi connectivity index (χ4v) is 1.85. The summed E-state index contributed by atoms with van der Waals surface area (Å²) in [6, 6.07) is 5.54. The second-order valence-electron chi connectivity index (χ2n) is 3.95. The lowest BCUT2D eigenvalue weighted by Crippen LogP contribution is -2.26. The van der Waals surface area contributed by atoms with E-state index in [1.165, 1.54) is 0 Å². The molecule has 3 nitrogen and oxygen atoms in total. The molecule has 4 heteroatoms. The first kappa shape index (κ1) is 14.9. The monoisotopic (exact) mass is 312 g/mol. The van der Waals surface area contributed by atoms with Crippen LogP contribution in [0.25, 0.3) is 0 Å². The highest BCUT2D eigenvalue weighted by atomic mass is 79.9. The third-order valence-electron chi connectivity index (χ3n) is 2.32. The number of esters is 1. The largest absolute Gasteiger partial charge is 0.423 e. The lowest BCUT2D eigenvalue weighted by atomic mass is 10.2. The predicted octanol–water partition coefficient (Wildman–Crippen LogP) is 3.64. The molecule has 0 heterocycles. The van der Waals surface area contributed by atoms with Crippen molar-refractivity contribution in [3.05, 3.63) is 40.9 Å². The van der Waals surface area contributed by atoms with Crippen molar-refractivity contribution in [2.24, 2.45) is 0 Å². The summed E-state index contributed by atoms with van der Waals surface area (Å²) >= 11 is 3.36. The SMILES string of the molecule is C=CCCOC(C)C(=O)Oc1ccc(C)cc1Br. The first-order valence-electron chi connectivity index (χ1n) is 5.75. The first-order chi connectivity index (χ1) is 8.54. The number of halogens is 1. The van der Waals surface area contributed by atoms with Crippen LogP contribution in [0.4, 0.5) is 0 Å². The highest BCUT2D eigenvalue weighted by molar-refractivity contribution is 9.10. The molecule has 1 unspecified atom stereocenters. The van der Waals surface area contributed by atoms with Crippen molar-refractivity contribution in [3.8, 4) is 5.75 Å². The number of carbonyl (C=O) groups excluding carboxylic acids is 1. The molecule has 1 rings (SSSR count). The van der Waals surface area contributed by atoms with Crippen LogP contribution in [-0.2, 0) is 9.53 Å². The zero-order valence-corrected chi connectivity index (χ0v) is 12.2. The number of hydrogen-bond donors (Lipinski definition) is 0. The molecule has 0 saturated heterocycles. The van der Waals surface area contributed by atoms with E-state index in [9.17, 15) is 4.79 Å². The van der Waals surface area contributed by atoms with Gasteiger partial charge < -0.3 is 9.47 Å². The van der Waals surface area contributed by atoms with E-state index in [0.717, 1.165) is 10.0 Å². The zero-order valence-electron chi connectivity index (χ0n) is 10.6. The summed E-state index contributed by atoms with van der Waals surface area (Å²) in [5, 5.41) is 0.